The van der Waals surface area contributed by atoms with Crippen LogP contribution in [0.4, 0.5) is 0 Å². The number of allylic oxidation sites excluding steroid dienone is 4. The van der Waals surface area contributed by atoms with E-state index in [9.17, 15) is 0 Å². The van der Waals surface area contributed by atoms with E-state index < -0.39 is 0 Å². The van der Waals surface area contributed by atoms with Crippen molar-refractivity contribution in [2.24, 2.45) is 22.7 Å². The van der Waals surface area contributed by atoms with Gasteiger partial charge in [-0.1, -0.05) is 0 Å². The predicted molar refractivity (Wildman–Crippen MR) is 124 cm³/mol. The Kier molecular flexibility index (Phi) is 158. The molecule has 2 aliphatic carbocycles. The van der Waals surface area contributed by atoms with E-state index in [2.05, 4.69) is 90.2 Å². The molecule has 0 spiro atoms. The molecule has 0 saturated carbocycles. The van der Waals surface area contributed by atoms with Crippen molar-refractivity contribution in [3.63, 3.8) is 0 Å². The maximum atomic E-state index is 3.19. The Bertz CT molecular complexity index is 789. The van der Waals surface area contributed by atoms with E-state index in [0.717, 1.165) is 5.92 Å². The number of hydrogen-bond donors (Lipinski definition) is 0. The molecule has 0 aliphatic heterocycles. The molecule has 0 fully saturated rings. The summed E-state index contributed by atoms with van der Waals surface area (Å²) in [5.74, 6) is 1.43. The molecule has 2 aliphatic rings. The summed E-state index contributed by atoms with van der Waals surface area (Å²) in [6.45, 7) is 22.2. The van der Waals surface area contributed by atoms with Gasteiger partial charge in [0, 0.05) is 316 Å². The molecule has 0 aromatic carbocycles. The maximum Gasteiger partial charge on any atom is 0 e. The van der Waals surface area contributed by atoms with E-state index in [4.69, 9.17) is 0 Å². The molecule has 0 aromatic heterocycles. The zero-order chi connectivity index (χ0) is 25.9. The van der Waals surface area contributed by atoms with Crippen LogP contribution in [0.2, 0.25) is 0 Å². The van der Waals surface area contributed by atoms with Gasteiger partial charge in [0.15, 0.2) is 0 Å². The molecule has 0 amide bonds. The van der Waals surface area contributed by atoms with Crippen LogP contribution in [0.25, 0.3) is 0 Å². The minimum absolute atomic E-state index is 0. The van der Waals surface area contributed by atoms with Crippen molar-refractivity contribution in [1.29, 1.82) is 0 Å². The largest absolute Gasteiger partial charge is 0 e. The van der Waals surface area contributed by atoms with Gasteiger partial charge in [0.05, 0.1) is 0 Å². The van der Waals surface area contributed by atoms with Gasteiger partial charge in [-0.25, -0.2) is 0 Å². The fraction of sp³-hybridized carbons (Fsp3) is 0.615. The molecule has 0 aromatic rings. The molecule has 0 unspecified atom stereocenters. The summed E-state index contributed by atoms with van der Waals surface area (Å²) >= 11 is 9.47. The minimum atomic E-state index is 0. The van der Waals surface area contributed by atoms with Crippen molar-refractivity contribution < 1.29 is 432 Å². The Balaban J connectivity index is -0.0000000159. The van der Waals surface area contributed by atoms with Gasteiger partial charge in [0.25, 0.3) is 0 Å². The molecule has 0 bridgehead atoms. The van der Waals surface area contributed by atoms with E-state index >= 15 is 0 Å². The third kappa shape index (κ3) is 71.0. The second-order valence-corrected chi connectivity index (χ2v) is 18.6. The Morgan fingerprint density at radius 2 is 0.787 bits per heavy atom. The second kappa shape index (κ2) is 65.8. The number of rotatable bonds is 2. The van der Waals surface area contributed by atoms with Crippen molar-refractivity contribution in [2.75, 3.05) is 0 Å². The van der Waals surface area contributed by atoms with Gasteiger partial charge in [-0.3, -0.25) is 0 Å². The van der Waals surface area contributed by atoms with Crippen LogP contribution in [0.3, 0.4) is 0 Å². The van der Waals surface area contributed by atoms with Crippen LogP contribution >= 0.6 is 0 Å². The molecule has 0 saturated heterocycles. The molecule has 47 heavy (non-hydrogen) atoms. The first-order valence-electron chi connectivity index (χ1n) is 10.7. The van der Waals surface area contributed by atoms with Crippen molar-refractivity contribution in [1.82, 2.24) is 0 Å². The van der Waals surface area contributed by atoms with Gasteiger partial charge >= 0.3 is 269 Å². The normalized spacial score (nSPS) is 10.7. The summed E-state index contributed by atoms with van der Waals surface area (Å²) in [4.78, 5) is 0. The van der Waals surface area contributed by atoms with Crippen LogP contribution in [0, 0.1) is 22.7 Å². The molecular weight excluding hydrogens is 4170 g/mol. The van der Waals surface area contributed by atoms with E-state index in [1.807, 2.05) is 0 Å². The van der Waals surface area contributed by atoms with Crippen LogP contribution in [-0.4, -0.2) is 24.4 Å². The molecule has 0 atom stereocenters. The minimum Gasteiger partial charge on any atom is 0 e. The van der Waals surface area contributed by atoms with E-state index in [1.54, 1.807) is 104 Å². The van der Waals surface area contributed by atoms with Gasteiger partial charge in [0.1, 0.15) is 0 Å². The first-order valence-corrected chi connectivity index (χ1v) is 19.5. The smallest absolute Gasteiger partial charge is 0 e. The van der Waals surface area contributed by atoms with Gasteiger partial charge < -0.3 is 0 Å². The van der Waals surface area contributed by atoms with E-state index in [1.165, 1.54) is 51.5 Å². The van der Waals surface area contributed by atoms with Crippen molar-refractivity contribution in [2.45, 2.75) is 82.1 Å². The average Bonchev–Trinajstić information content (AvgIpc) is 3.18. The van der Waals surface area contributed by atoms with Crippen molar-refractivity contribution in [3.8, 4) is 0 Å². The third-order valence-corrected chi connectivity index (χ3v) is 17.3. The summed E-state index contributed by atoms with van der Waals surface area (Å²) in [5.41, 5.74) is 3.97. The molecule has 21 heteroatoms. The van der Waals surface area contributed by atoms with Crippen molar-refractivity contribution in [3.05, 3.63) is 23.3 Å². The van der Waals surface area contributed by atoms with Crippen LogP contribution in [0.5, 0.6) is 0 Å². The summed E-state index contributed by atoms with van der Waals surface area (Å²) in [7, 11) is 0. The molecule has 2 rings (SSSR count). The standard InChI is InChI=1S/C9H12.C8H10.C5H9.C4H7.21W/c1-9(2,3)8-6-4-5-7-8;1-7(2)8-5-3-4-6-8;1-5(2,3)4;1-4(2)3;;;;;;;;;;;;;;;;;;;;;/h6H,7H2,1-3H3;5,7H,6H2,1-2H3;1-3H3;4H,1-2H3;;;;;;;;;;;;;;;;;;;;;/q;;2*-1;;;;;;;;;;;;;;;;;;;;;. The molecule has 270 valence electrons. The van der Waals surface area contributed by atoms with Gasteiger partial charge in [-0.15, -0.1) is 0 Å². The Hall–Kier alpha value is 13.2. The summed E-state index contributed by atoms with van der Waals surface area (Å²) in [6, 6.07) is 0. The zero-order valence-corrected chi connectivity index (χ0v) is 88.9. The topological polar surface area (TPSA) is 0 Å². The molecule has 0 radical (unpaired) electrons. The van der Waals surface area contributed by atoms with Crippen LogP contribution < -0.4 is 0 Å². The molecule has 0 nitrogen and oxygen atoms in total. The van der Waals surface area contributed by atoms with E-state index in [-0.39, 0.29) is 316 Å². The first-order chi connectivity index (χ1) is 14.3. The van der Waals surface area contributed by atoms with Gasteiger partial charge in [-0.2, -0.15) is 0 Å². The molecule has 0 N–H and O–H groups in total. The monoisotopic (exact) mass is 4210 g/mol. The van der Waals surface area contributed by atoms with Crippen molar-refractivity contribution >= 4 is 24.4 Å². The second-order valence-electron chi connectivity index (χ2n) is 10.3. The summed E-state index contributed by atoms with van der Waals surface area (Å²) < 4.78 is 12.8. The first kappa shape index (κ1) is 113. The zero-order valence-electron chi connectivity index (χ0n) is 27.3. The summed E-state index contributed by atoms with van der Waals surface area (Å²) in [6.07, 6.45) is 7.31. The SMILES string of the molecule is CC(C)(C)C1=C[C](=[W])[C](=[W])C1.CC(C)(C)[C-]=[W].CC(C)C1=C[C](=[W])[C](=[W])C1.CC(C)[C-]=[W].[W].[W].[W].[W].[W].[W].[W].[W].[W].[W].[W].[W].[W].[W].[W]. The Labute approximate surface area is 570 Å². The van der Waals surface area contributed by atoms with Crippen LogP contribution in [0.15, 0.2) is 23.3 Å². The average molecular weight is 4210 g/mol. The maximum absolute atomic E-state index is 3.19. The third-order valence-electron chi connectivity index (χ3n) is 4.13. The quantitative estimate of drug-likeness (QED) is 0.330. The molecular formula is C26H38W21-2. The van der Waals surface area contributed by atoms with Crippen LogP contribution in [-0.2, 0) is 432 Å². The Morgan fingerprint density at radius 3 is 0.872 bits per heavy atom. The number of hydrogen-bond acceptors (Lipinski definition) is 0. The summed E-state index contributed by atoms with van der Waals surface area (Å²) in [5, 5.41) is 0. The Morgan fingerprint density at radius 1 is 0.532 bits per heavy atom. The molecule has 0 heterocycles. The van der Waals surface area contributed by atoms with Crippen LogP contribution in [0.1, 0.15) is 82.1 Å². The van der Waals surface area contributed by atoms with Gasteiger partial charge in [-0.05, 0) is 0 Å². The predicted octanol–water partition coefficient (Wildman–Crippen LogP) is 5.30. The fourth-order valence-electron chi connectivity index (χ4n) is 1.97. The fourth-order valence-corrected chi connectivity index (χ4v) is 5.13. The van der Waals surface area contributed by atoms with Gasteiger partial charge in [0.2, 0.25) is 0 Å². The van der Waals surface area contributed by atoms with E-state index in [0.29, 0.717) is 16.7 Å².